The number of carboxylic acids is 1. The Morgan fingerprint density at radius 3 is 2.81 bits per heavy atom. The maximum absolute atomic E-state index is 10.9. The molecular weight excluding hydrogens is 406 g/mol. The second-order valence-corrected chi connectivity index (χ2v) is 8.33. The van der Waals surface area contributed by atoms with E-state index < -0.39 is 5.97 Å². The second kappa shape index (κ2) is 9.72. The predicted molar refractivity (Wildman–Crippen MR) is 124 cm³/mol. The Hall–Kier alpha value is -3.55. The fourth-order valence-corrected chi connectivity index (χ4v) is 4.36. The average molecular weight is 436 g/mol. The molecule has 4 N–H and O–H groups in total. The molecule has 2 aliphatic rings. The molecule has 168 valence electrons. The van der Waals surface area contributed by atoms with Gasteiger partial charge in [0.2, 0.25) is 0 Å². The van der Waals surface area contributed by atoms with Crippen LogP contribution in [0.2, 0.25) is 0 Å². The molecule has 0 radical (unpaired) electrons. The highest BCUT2D eigenvalue weighted by Crippen LogP contribution is 2.28. The lowest BCUT2D eigenvalue weighted by Gasteiger charge is -2.34. The molecule has 0 amide bonds. The van der Waals surface area contributed by atoms with Gasteiger partial charge in [-0.3, -0.25) is 10.4 Å². The maximum atomic E-state index is 10.9. The zero-order valence-corrected chi connectivity index (χ0v) is 18.0. The minimum Gasteiger partial charge on any atom is -0.493 e. The first kappa shape index (κ1) is 21.7. The Morgan fingerprint density at radius 1 is 1.25 bits per heavy atom. The summed E-state index contributed by atoms with van der Waals surface area (Å²) < 4.78 is 6.13. The number of pyridine rings is 1. The van der Waals surface area contributed by atoms with Crippen LogP contribution in [0.25, 0.3) is 6.08 Å². The van der Waals surface area contributed by atoms with Gasteiger partial charge in [-0.05, 0) is 60.6 Å². The van der Waals surface area contributed by atoms with E-state index in [0.717, 1.165) is 62.0 Å². The molecule has 0 saturated carbocycles. The molecule has 1 aromatic heterocycles. The Bertz CT molecular complexity index is 1010. The maximum Gasteiger partial charge on any atom is 0.328 e. The van der Waals surface area contributed by atoms with Crippen LogP contribution in [0, 0.1) is 11.3 Å². The second-order valence-electron chi connectivity index (χ2n) is 8.33. The number of fused-ring (bicyclic) bond motifs is 1. The van der Waals surface area contributed by atoms with E-state index in [-0.39, 0.29) is 5.96 Å². The molecule has 3 heterocycles. The van der Waals surface area contributed by atoms with Gasteiger partial charge in [0.1, 0.15) is 5.75 Å². The van der Waals surface area contributed by atoms with E-state index in [0.29, 0.717) is 19.1 Å². The number of nitrogens with one attached hydrogen (secondary N) is 1. The summed E-state index contributed by atoms with van der Waals surface area (Å²) in [6.45, 7) is 3.90. The van der Waals surface area contributed by atoms with Crippen LogP contribution in [-0.2, 0) is 17.8 Å². The molecule has 8 nitrogen and oxygen atoms in total. The summed E-state index contributed by atoms with van der Waals surface area (Å²) in [6, 6.07) is 8.18. The Balaban J connectivity index is 1.32. The highest BCUT2D eigenvalue weighted by molar-refractivity contribution is 5.86. The van der Waals surface area contributed by atoms with E-state index in [9.17, 15) is 4.79 Å². The highest BCUT2D eigenvalue weighted by atomic mass is 16.5. The van der Waals surface area contributed by atoms with E-state index in [4.69, 9.17) is 21.0 Å². The van der Waals surface area contributed by atoms with E-state index in [2.05, 4.69) is 22.0 Å². The fourth-order valence-electron chi connectivity index (χ4n) is 4.36. The summed E-state index contributed by atoms with van der Waals surface area (Å²) in [5.41, 5.74) is 9.96. The number of hydrogen-bond acceptors (Lipinski definition) is 5. The third kappa shape index (κ3) is 5.19. The van der Waals surface area contributed by atoms with Crippen molar-refractivity contribution in [2.45, 2.75) is 25.8 Å². The van der Waals surface area contributed by atoms with E-state index in [1.807, 2.05) is 17.0 Å². The number of nitrogens with zero attached hydrogens (tertiary/aromatic N) is 3. The number of hydrogen-bond donors (Lipinski definition) is 3. The topological polar surface area (TPSA) is 116 Å². The van der Waals surface area contributed by atoms with Gasteiger partial charge in [0.05, 0.1) is 6.61 Å². The number of guanidine groups is 1. The number of nitrogens with two attached hydrogens (primary N) is 1. The smallest absolute Gasteiger partial charge is 0.328 e. The first-order chi connectivity index (χ1) is 15.5. The van der Waals surface area contributed by atoms with Gasteiger partial charge < -0.3 is 25.4 Å². The lowest BCUT2D eigenvalue weighted by Crippen LogP contribution is -2.40. The number of ether oxygens (including phenoxy) is 1. The van der Waals surface area contributed by atoms with Crippen molar-refractivity contribution < 1.29 is 14.6 Å². The summed E-state index contributed by atoms with van der Waals surface area (Å²) in [5, 5.41) is 16.6. The van der Waals surface area contributed by atoms with Gasteiger partial charge in [0.15, 0.2) is 5.96 Å². The molecule has 0 bridgehead atoms. The Labute approximate surface area is 187 Å². The number of aromatic nitrogens is 1. The van der Waals surface area contributed by atoms with Crippen LogP contribution >= 0.6 is 0 Å². The molecule has 0 unspecified atom stereocenters. The zero-order valence-electron chi connectivity index (χ0n) is 18.0. The molecule has 1 saturated heterocycles. The lowest BCUT2D eigenvalue weighted by molar-refractivity contribution is -0.131. The number of carbonyl (C=O) groups is 1. The summed E-state index contributed by atoms with van der Waals surface area (Å²) in [6.07, 6.45) is 9.10. The van der Waals surface area contributed by atoms with Crippen molar-refractivity contribution in [3.8, 4) is 5.75 Å². The molecule has 32 heavy (non-hydrogen) atoms. The highest BCUT2D eigenvalue weighted by Gasteiger charge is 2.22. The van der Waals surface area contributed by atoms with Crippen molar-refractivity contribution in [2.24, 2.45) is 11.7 Å². The monoisotopic (exact) mass is 435 g/mol. The lowest BCUT2D eigenvalue weighted by atomic mass is 9.96. The number of benzene rings is 1. The normalized spacial score (nSPS) is 16.8. The van der Waals surface area contributed by atoms with Gasteiger partial charge in [-0.1, -0.05) is 6.07 Å². The fraction of sp³-hybridized carbons (Fsp3) is 0.375. The molecule has 1 fully saturated rings. The molecule has 0 aliphatic carbocycles. The number of piperidine rings is 1. The summed E-state index contributed by atoms with van der Waals surface area (Å²) in [4.78, 5) is 19.2. The van der Waals surface area contributed by atoms with E-state index in [1.54, 1.807) is 18.5 Å². The minimum absolute atomic E-state index is 0.115. The predicted octanol–water partition coefficient (Wildman–Crippen LogP) is 2.73. The standard InChI is InChI=1S/C24H29N5O3/c25-24(26)29-12-8-18-1-3-21(13-20(18)15-29)32-16-17-6-10-28(11-7-17)22-5-9-27-14-19(22)2-4-23(30)31/h1-5,9,13-14,17H,6-8,10-12,15-16H2,(H3,25,26)(H,30,31)/b4-2+. The van der Waals surface area contributed by atoms with Crippen molar-refractivity contribution in [3.63, 3.8) is 0 Å². The molecule has 2 aliphatic heterocycles. The molecule has 1 aromatic carbocycles. The third-order valence-corrected chi connectivity index (χ3v) is 6.20. The van der Waals surface area contributed by atoms with Crippen molar-refractivity contribution in [2.75, 3.05) is 31.1 Å². The van der Waals surface area contributed by atoms with Crippen molar-refractivity contribution >= 4 is 23.7 Å². The Kier molecular flexibility index (Phi) is 6.58. The van der Waals surface area contributed by atoms with Gasteiger partial charge in [-0.2, -0.15) is 0 Å². The first-order valence-corrected chi connectivity index (χ1v) is 10.9. The molecule has 8 heteroatoms. The molecule has 4 rings (SSSR count). The van der Waals surface area contributed by atoms with Crippen LogP contribution in [0.15, 0.2) is 42.7 Å². The van der Waals surface area contributed by atoms with Crippen LogP contribution in [0.5, 0.6) is 5.75 Å². The van der Waals surface area contributed by atoms with Gasteiger partial charge in [-0.25, -0.2) is 4.79 Å². The van der Waals surface area contributed by atoms with Gasteiger partial charge in [-0.15, -0.1) is 0 Å². The summed E-state index contributed by atoms with van der Waals surface area (Å²) >= 11 is 0. The summed E-state index contributed by atoms with van der Waals surface area (Å²) in [7, 11) is 0. The summed E-state index contributed by atoms with van der Waals surface area (Å²) in [5.74, 6) is 0.485. The van der Waals surface area contributed by atoms with E-state index >= 15 is 0 Å². The van der Waals surface area contributed by atoms with Crippen LogP contribution in [0.4, 0.5) is 5.69 Å². The molecule has 0 spiro atoms. The van der Waals surface area contributed by atoms with E-state index in [1.165, 1.54) is 11.1 Å². The largest absolute Gasteiger partial charge is 0.493 e. The third-order valence-electron chi connectivity index (χ3n) is 6.20. The average Bonchev–Trinajstić information content (AvgIpc) is 2.81. The minimum atomic E-state index is -0.966. The van der Waals surface area contributed by atoms with Gasteiger partial charge in [0.25, 0.3) is 0 Å². The number of carboxylic acid groups (broad SMARTS) is 1. The number of anilines is 1. The number of aliphatic carboxylic acids is 1. The molecule has 2 aromatic rings. The van der Waals surface area contributed by atoms with Crippen LogP contribution < -0.4 is 15.4 Å². The van der Waals surface area contributed by atoms with Crippen molar-refractivity contribution in [1.82, 2.24) is 9.88 Å². The van der Waals surface area contributed by atoms with Crippen LogP contribution in [0.3, 0.4) is 0 Å². The Morgan fingerprint density at radius 2 is 2.06 bits per heavy atom. The van der Waals surface area contributed by atoms with Crippen LogP contribution in [-0.4, -0.2) is 53.2 Å². The first-order valence-electron chi connectivity index (χ1n) is 10.9. The van der Waals surface area contributed by atoms with Crippen molar-refractivity contribution in [1.29, 1.82) is 5.41 Å². The van der Waals surface area contributed by atoms with Crippen molar-refractivity contribution in [3.05, 3.63) is 59.4 Å². The van der Waals surface area contributed by atoms with Gasteiger partial charge in [0, 0.05) is 55.9 Å². The zero-order chi connectivity index (χ0) is 22.5. The number of rotatable bonds is 6. The molecule has 0 atom stereocenters. The van der Waals surface area contributed by atoms with Crippen LogP contribution in [0.1, 0.15) is 29.5 Å². The quantitative estimate of drug-likeness (QED) is 0.363. The molecular formula is C24H29N5O3. The SMILES string of the molecule is N=C(N)N1CCc2ccc(OCC3CCN(c4ccncc4/C=C/C(=O)O)CC3)cc2C1. The van der Waals surface area contributed by atoms with Gasteiger partial charge >= 0.3 is 5.97 Å².